The van der Waals surface area contributed by atoms with Crippen LogP contribution in [0.5, 0.6) is 5.75 Å². The normalized spacial score (nSPS) is 25.0. The molecule has 1 saturated heterocycles. The van der Waals surface area contributed by atoms with Crippen molar-refractivity contribution in [1.82, 2.24) is 47.5 Å². The van der Waals surface area contributed by atoms with Gasteiger partial charge in [-0.3, -0.25) is 43.2 Å². The number of aromatic hydroxyl groups is 1. The van der Waals surface area contributed by atoms with Crippen molar-refractivity contribution in [1.29, 1.82) is 0 Å². The van der Waals surface area contributed by atoms with Gasteiger partial charge in [-0.25, -0.2) is 0 Å². The number of aromatic nitrogens is 1. The summed E-state index contributed by atoms with van der Waals surface area (Å²) in [4.78, 5) is 129. The minimum atomic E-state index is -1.77. The van der Waals surface area contributed by atoms with Crippen LogP contribution in [0, 0.1) is 11.8 Å². The number of amides is 8. The van der Waals surface area contributed by atoms with Gasteiger partial charge >= 0.3 is 5.97 Å². The number of fused-ring (bicyclic) bond motifs is 1. The molecule has 2 aromatic carbocycles. The maximum Gasteiger partial charge on any atom is 0.305 e. The molecule has 0 bridgehead atoms. The number of rotatable bonds is 15. The topological polar surface area (TPSA) is 332 Å². The number of nitrogens with one attached hydrogen (secondary N) is 9. The van der Waals surface area contributed by atoms with E-state index in [2.05, 4.69) is 72.8 Å². The number of benzene rings is 2. The zero-order valence-electron chi connectivity index (χ0n) is 41.1. The summed E-state index contributed by atoms with van der Waals surface area (Å²) in [7, 11) is 0. The highest BCUT2D eigenvalue weighted by atomic mass is 32.1. The van der Waals surface area contributed by atoms with Gasteiger partial charge in [0.15, 0.2) is 0 Å². The molecule has 5 rings (SSSR count). The molecule has 1 saturated carbocycles. The summed E-state index contributed by atoms with van der Waals surface area (Å²) in [5.41, 5.74) is 7.75. The Morgan fingerprint density at radius 1 is 0.616 bits per heavy atom. The number of H-pyrrole nitrogens is 1. The minimum absolute atomic E-state index is 0.00323. The van der Waals surface area contributed by atoms with Crippen molar-refractivity contribution in [2.75, 3.05) is 18.1 Å². The second-order valence-electron chi connectivity index (χ2n) is 19.1. The summed E-state index contributed by atoms with van der Waals surface area (Å²) in [5, 5.41) is 41.8. The molecule has 0 radical (unpaired) electrons. The predicted molar refractivity (Wildman–Crippen MR) is 278 cm³/mol. The summed E-state index contributed by atoms with van der Waals surface area (Å²) in [6.45, 7) is 3.43. The first kappa shape index (κ1) is 57.6. The fourth-order valence-electron chi connectivity index (χ4n) is 9.01. The van der Waals surface area contributed by atoms with Crippen molar-refractivity contribution in [2.45, 2.75) is 139 Å². The number of nitrogens with two attached hydrogens (primary N) is 1. The Kier molecular flexibility index (Phi) is 22.2. The Labute approximate surface area is 435 Å². The molecule has 73 heavy (non-hydrogen) atoms. The molecular formula is C50H70N10O11S2. The highest BCUT2D eigenvalue weighted by Crippen LogP contribution is 2.28. The third kappa shape index (κ3) is 17.1. The lowest BCUT2D eigenvalue weighted by Crippen LogP contribution is -2.62. The second kappa shape index (κ2) is 28.2. The molecule has 2 aliphatic rings. The Hall–Kier alpha value is -6.33. The number of carboxylic acids is 1. The minimum Gasteiger partial charge on any atom is -0.508 e. The van der Waals surface area contributed by atoms with E-state index in [1.54, 1.807) is 20.0 Å². The number of hydrogen-bond donors (Lipinski definition) is 14. The lowest BCUT2D eigenvalue weighted by Gasteiger charge is -2.30. The molecule has 398 valence electrons. The Balaban J connectivity index is 1.60. The van der Waals surface area contributed by atoms with Gasteiger partial charge in [0.2, 0.25) is 47.3 Å². The van der Waals surface area contributed by atoms with Crippen LogP contribution in [-0.2, 0) is 56.0 Å². The maximum atomic E-state index is 14.8. The fraction of sp³-hybridized carbons (Fsp3) is 0.540. The number of carboxylic acid groups (broad SMARTS) is 1. The van der Waals surface area contributed by atoms with Crippen LogP contribution in [0.1, 0.15) is 89.2 Å². The third-order valence-corrected chi connectivity index (χ3v) is 13.9. The Morgan fingerprint density at radius 2 is 1.12 bits per heavy atom. The van der Waals surface area contributed by atoms with Crippen LogP contribution in [0.2, 0.25) is 0 Å². The molecule has 21 nitrogen and oxygen atoms in total. The average Bonchev–Trinajstić information content (AvgIpc) is 3.77. The number of unbranched alkanes of at least 4 members (excludes halogenated alkanes) is 1. The van der Waals surface area contributed by atoms with Crippen molar-refractivity contribution >= 4 is 89.4 Å². The lowest BCUT2D eigenvalue weighted by atomic mass is 9.84. The number of hydrogen-bond acceptors (Lipinski definition) is 13. The molecule has 0 unspecified atom stereocenters. The number of para-hydroxylation sites is 1. The van der Waals surface area contributed by atoms with Crippen LogP contribution in [0.4, 0.5) is 0 Å². The zero-order valence-corrected chi connectivity index (χ0v) is 42.9. The number of carbonyl (C=O) groups excluding carboxylic acids is 8. The molecule has 8 amide bonds. The number of aliphatic carboxylic acids is 1. The first-order chi connectivity index (χ1) is 34.9. The number of thiol groups is 2. The lowest BCUT2D eigenvalue weighted by molar-refractivity contribution is -0.141. The molecule has 3 aromatic rings. The predicted octanol–water partition coefficient (Wildman–Crippen LogP) is 0.640. The van der Waals surface area contributed by atoms with E-state index in [9.17, 15) is 53.4 Å². The number of phenols is 1. The van der Waals surface area contributed by atoms with E-state index in [0.717, 1.165) is 43.0 Å². The first-order valence-electron chi connectivity index (χ1n) is 24.8. The van der Waals surface area contributed by atoms with E-state index in [1.165, 1.54) is 24.3 Å². The third-order valence-electron chi connectivity index (χ3n) is 13.1. The van der Waals surface area contributed by atoms with Gasteiger partial charge in [-0.2, -0.15) is 25.3 Å². The number of carbonyl (C=O) groups is 9. The van der Waals surface area contributed by atoms with E-state index < -0.39 is 114 Å². The van der Waals surface area contributed by atoms with Gasteiger partial charge in [-0.05, 0) is 73.4 Å². The van der Waals surface area contributed by atoms with Crippen LogP contribution in [0.3, 0.4) is 0 Å². The summed E-state index contributed by atoms with van der Waals surface area (Å²) in [6.07, 6.45) is 5.91. The van der Waals surface area contributed by atoms with Gasteiger partial charge in [0.1, 0.15) is 54.1 Å². The van der Waals surface area contributed by atoms with Gasteiger partial charge in [-0.15, -0.1) is 0 Å². The van der Waals surface area contributed by atoms with Crippen LogP contribution in [0.15, 0.2) is 54.7 Å². The fourth-order valence-corrected chi connectivity index (χ4v) is 9.53. The number of aromatic amines is 1. The standard InChI is InChI=1S/C50H70N10O11S2/c1-27(2)42-50(71)57-38(23-41(62)63)47(68)58-39(25-72)48(69)55-35(20-28-10-4-3-5-11-28)44(65)56-37(22-30-24-52-33-13-7-6-12-32(30)33)46(67)53-34(14-8-9-19-51)43(64)54-36(21-29-15-17-31(61)18-16-29)45(66)59-40(26-73)49(70)60-42/h6-7,12-13,15-18,24,27-28,34-40,42,52,61,72-73H,3-5,8-11,14,19-23,25-26,51H2,1-2H3,(H,53,67)(H,54,64)(H,55,69)(H,56,65)(H,57,71)(H,58,68)(H,59,66)(H,60,70)(H,62,63)/t34-,35-,36-,37-,38-,39-,40-,42-/m0/s1. The van der Waals surface area contributed by atoms with E-state index in [0.29, 0.717) is 24.0 Å². The molecule has 1 aliphatic heterocycles. The second-order valence-corrected chi connectivity index (χ2v) is 19.8. The van der Waals surface area contributed by atoms with Crippen LogP contribution < -0.4 is 48.3 Å². The SMILES string of the molecule is CC(C)[C@@H]1NC(=O)[C@H](CS)NC(=O)[C@H](Cc2ccc(O)cc2)NC(=O)[C@H](CCCCN)NC(=O)[C@H](Cc2c[nH]c3ccccc23)NC(=O)[C@H](CC2CCCCC2)NC(=O)[C@H](CS)NC(=O)[C@H](CC(=O)O)NC1=O. The van der Waals surface area contributed by atoms with Crippen molar-refractivity contribution in [3.63, 3.8) is 0 Å². The molecule has 0 spiro atoms. The quantitative estimate of drug-likeness (QED) is 0.0737. The summed E-state index contributed by atoms with van der Waals surface area (Å²) in [6, 6.07) is 1.86. The first-order valence-corrected chi connectivity index (χ1v) is 26.1. The van der Waals surface area contributed by atoms with Crippen molar-refractivity contribution in [3.05, 3.63) is 65.9 Å². The molecule has 1 aromatic heterocycles. The smallest absolute Gasteiger partial charge is 0.305 e. The monoisotopic (exact) mass is 1050 g/mol. The van der Waals surface area contributed by atoms with Crippen LogP contribution >= 0.6 is 25.3 Å². The molecule has 8 atom stereocenters. The Bertz CT molecular complexity index is 2410. The molecule has 13 N–H and O–H groups in total. The summed E-state index contributed by atoms with van der Waals surface area (Å²) < 4.78 is 0. The molecule has 2 heterocycles. The van der Waals surface area contributed by atoms with E-state index in [4.69, 9.17) is 5.73 Å². The molecule has 2 fully saturated rings. The average molecular weight is 1050 g/mol. The van der Waals surface area contributed by atoms with Crippen molar-refractivity contribution in [2.24, 2.45) is 17.6 Å². The van der Waals surface area contributed by atoms with Gasteiger partial charge in [0, 0.05) is 41.4 Å². The maximum absolute atomic E-state index is 14.8. The van der Waals surface area contributed by atoms with Crippen molar-refractivity contribution < 1.29 is 53.4 Å². The van der Waals surface area contributed by atoms with E-state index in [-0.39, 0.29) is 55.4 Å². The molecule has 1 aliphatic carbocycles. The Morgan fingerprint density at radius 3 is 1.73 bits per heavy atom. The van der Waals surface area contributed by atoms with E-state index in [1.807, 2.05) is 24.3 Å². The largest absolute Gasteiger partial charge is 0.508 e. The highest BCUT2D eigenvalue weighted by molar-refractivity contribution is 7.80. The molecular weight excluding hydrogens is 981 g/mol. The van der Waals surface area contributed by atoms with Gasteiger partial charge < -0.3 is 63.5 Å². The van der Waals surface area contributed by atoms with Crippen molar-refractivity contribution in [3.8, 4) is 5.75 Å². The summed E-state index contributed by atoms with van der Waals surface area (Å²) in [5.74, 6) is -9.71. The zero-order chi connectivity index (χ0) is 53.2. The van der Waals surface area contributed by atoms with Gasteiger partial charge in [-0.1, -0.05) is 76.3 Å². The van der Waals surface area contributed by atoms with Crippen LogP contribution in [-0.4, -0.2) is 135 Å². The number of phenolic OH excluding ortho intramolecular Hbond substituents is 1. The van der Waals surface area contributed by atoms with E-state index >= 15 is 0 Å². The van der Waals surface area contributed by atoms with Gasteiger partial charge in [0.25, 0.3) is 0 Å². The van der Waals surface area contributed by atoms with Gasteiger partial charge in [0.05, 0.1) is 6.42 Å². The molecule has 23 heteroatoms. The van der Waals surface area contributed by atoms with Crippen LogP contribution in [0.25, 0.3) is 10.9 Å². The highest BCUT2D eigenvalue weighted by Gasteiger charge is 2.37. The summed E-state index contributed by atoms with van der Waals surface area (Å²) >= 11 is 8.60.